The topological polar surface area (TPSA) is 74.3 Å². The summed E-state index contributed by atoms with van der Waals surface area (Å²) in [7, 11) is 0. The number of anilines is 3. The van der Waals surface area contributed by atoms with Gasteiger partial charge in [0.15, 0.2) is 5.13 Å². The summed E-state index contributed by atoms with van der Waals surface area (Å²) in [5.41, 5.74) is 2.87. The van der Waals surface area contributed by atoms with Crippen LogP contribution in [0.15, 0.2) is 53.9 Å². The van der Waals surface area contributed by atoms with Crippen molar-refractivity contribution >= 4 is 39.8 Å². The van der Waals surface area contributed by atoms with Gasteiger partial charge in [-0.25, -0.2) is 14.2 Å². The highest BCUT2D eigenvalue weighted by Crippen LogP contribution is 2.32. The molecule has 2 heterocycles. The average molecular weight is 425 g/mol. The number of nitrogens with one attached hydrogen (secondary N) is 2. The number of carbonyl (C=O) groups is 2. The normalized spacial score (nSPS) is 15.4. The van der Waals surface area contributed by atoms with Crippen molar-refractivity contribution in [3.63, 3.8) is 0 Å². The van der Waals surface area contributed by atoms with Crippen LogP contribution in [0.4, 0.5) is 25.7 Å². The summed E-state index contributed by atoms with van der Waals surface area (Å²) in [6.07, 6.45) is 1.64. The second-order valence-corrected chi connectivity index (χ2v) is 8.05. The van der Waals surface area contributed by atoms with Crippen molar-refractivity contribution in [2.24, 2.45) is 0 Å². The van der Waals surface area contributed by atoms with Crippen LogP contribution in [0.1, 0.15) is 24.6 Å². The number of rotatable bonds is 4. The third-order valence-electron chi connectivity index (χ3n) is 4.98. The minimum Gasteiger partial charge on any atom is -0.309 e. The highest BCUT2D eigenvalue weighted by molar-refractivity contribution is 7.14. The molecule has 2 aromatic carbocycles. The Bertz CT molecular complexity index is 1070. The van der Waals surface area contributed by atoms with E-state index in [4.69, 9.17) is 0 Å². The molecule has 0 aliphatic carbocycles. The van der Waals surface area contributed by atoms with Crippen LogP contribution < -0.4 is 15.5 Å². The summed E-state index contributed by atoms with van der Waals surface area (Å²) < 4.78 is 13.6. The monoisotopic (exact) mass is 424 g/mol. The quantitative estimate of drug-likeness (QED) is 0.630. The minimum absolute atomic E-state index is 0.0309. The van der Waals surface area contributed by atoms with Crippen LogP contribution in [-0.4, -0.2) is 23.0 Å². The molecular weight excluding hydrogens is 403 g/mol. The minimum atomic E-state index is -0.394. The van der Waals surface area contributed by atoms with Gasteiger partial charge in [0, 0.05) is 22.8 Å². The standard InChI is InChI=1S/C22H21FN4O2S/c1-14-7-8-15-11-16(23)9-10-19(15)27(14)20(28)12-18-13-30-22(25-18)26-21(29)24-17-5-3-2-4-6-17/h2-6,9-11,13-14H,7-8,12H2,1H3,(H2,24,25,26,29). The van der Waals surface area contributed by atoms with Gasteiger partial charge in [0.1, 0.15) is 5.82 Å². The van der Waals surface area contributed by atoms with Crippen LogP contribution in [0.25, 0.3) is 0 Å². The second-order valence-electron chi connectivity index (χ2n) is 7.19. The lowest BCUT2D eigenvalue weighted by Crippen LogP contribution is -2.43. The number of amides is 3. The van der Waals surface area contributed by atoms with Gasteiger partial charge in [-0.15, -0.1) is 11.3 Å². The molecule has 8 heteroatoms. The van der Waals surface area contributed by atoms with Crippen LogP contribution in [0.2, 0.25) is 0 Å². The molecule has 4 rings (SSSR count). The summed E-state index contributed by atoms with van der Waals surface area (Å²) >= 11 is 1.26. The molecular formula is C22H21FN4O2S. The van der Waals surface area contributed by atoms with Gasteiger partial charge in [-0.1, -0.05) is 18.2 Å². The smallest absolute Gasteiger partial charge is 0.309 e. The van der Waals surface area contributed by atoms with E-state index in [2.05, 4.69) is 15.6 Å². The van der Waals surface area contributed by atoms with E-state index in [1.807, 2.05) is 25.1 Å². The van der Waals surface area contributed by atoms with Crippen LogP contribution in [0.5, 0.6) is 0 Å². The number of carbonyl (C=O) groups excluding carboxylic acids is 2. The SMILES string of the molecule is CC1CCc2cc(F)ccc2N1C(=O)Cc1csc(NC(=O)Nc2ccccc2)n1. The van der Waals surface area contributed by atoms with Crippen molar-refractivity contribution in [3.8, 4) is 0 Å². The average Bonchev–Trinajstić information content (AvgIpc) is 3.15. The predicted octanol–water partition coefficient (Wildman–Crippen LogP) is 4.84. The van der Waals surface area contributed by atoms with Gasteiger partial charge in [0.05, 0.1) is 12.1 Å². The molecule has 1 aromatic heterocycles. The van der Waals surface area contributed by atoms with Crippen molar-refractivity contribution in [2.45, 2.75) is 32.2 Å². The Balaban J connectivity index is 1.41. The van der Waals surface area contributed by atoms with Crippen molar-refractivity contribution in [1.82, 2.24) is 4.98 Å². The Morgan fingerprint density at radius 1 is 1.20 bits per heavy atom. The first-order chi connectivity index (χ1) is 14.5. The Morgan fingerprint density at radius 2 is 2.00 bits per heavy atom. The number of para-hydroxylation sites is 1. The number of nitrogens with zero attached hydrogens (tertiary/aromatic N) is 2. The first kappa shape index (κ1) is 20.0. The van der Waals surface area contributed by atoms with Gasteiger partial charge in [-0.05, 0) is 55.7 Å². The maximum atomic E-state index is 13.6. The van der Waals surface area contributed by atoms with Crippen molar-refractivity contribution in [2.75, 3.05) is 15.5 Å². The molecule has 3 amide bonds. The third kappa shape index (κ3) is 4.49. The largest absolute Gasteiger partial charge is 0.325 e. The van der Waals surface area contributed by atoms with E-state index in [1.54, 1.807) is 28.5 Å². The van der Waals surface area contributed by atoms with E-state index in [9.17, 15) is 14.0 Å². The number of thiazole rings is 1. The molecule has 0 bridgehead atoms. The Labute approximate surface area is 177 Å². The van der Waals surface area contributed by atoms with E-state index < -0.39 is 6.03 Å². The summed E-state index contributed by atoms with van der Waals surface area (Å²) in [6.45, 7) is 1.99. The fourth-order valence-corrected chi connectivity index (χ4v) is 4.27. The molecule has 0 saturated heterocycles. The summed E-state index contributed by atoms with van der Waals surface area (Å²) in [6, 6.07) is 13.3. The van der Waals surface area contributed by atoms with E-state index >= 15 is 0 Å². The maximum absolute atomic E-state index is 13.6. The Kier molecular flexibility index (Phi) is 5.76. The highest BCUT2D eigenvalue weighted by Gasteiger charge is 2.28. The van der Waals surface area contributed by atoms with Gasteiger partial charge < -0.3 is 10.2 Å². The molecule has 3 aromatic rings. The number of fused-ring (bicyclic) bond motifs is 1. The number of aryl methyl sites for hydroxylation is 1. The maximum Gasteiger partial charge on any atom is 0.325 e. The van der Waals surface area contributed by atoms with Gasteiger partial charge in [0.2, 0.25) is 5.91 Å². The lowest BCUT2D eigenvalue weighted by atomic mass is 9.96. The molecule has 0 radical (unpaired) electrons. The van der Waals surface area contributed by atoms with Gasteiger partial charge in [-0.3, -0.25) is 10.1 Å². The highest BCUT2D eigenvalue weighted by atomic mass is 32.1. The number of urea groups is 1. The molecule has 0 fully saturated rings. The number of hydrogen-bond acceptors (Lipinski definition) is 4. The fourth-order valence-electron chi connectivity index (χ4n) is 3.57. The van der Waals surface area contributed by atoms with E-state index in [-0.39, 0.29) is 24.2 Å². The number of hydrogen-bond donors (Lipinski definition) is 2. The molecule has 154 valence electrons. The summed E-state index contributed by atoms with van der Waals surface area (Å²) in [5.74, 6) is -0.389. The number of aromatic nitrogens is 1. The van der Waals surface area contributed by atoms with Gasteiger partial charge >= 0.3 is 6.03 Å². The zero-order chi connectivity index (χ0) is 21.1. The lowest BCUT2D eigenvalue weighted by molar-refractivity contribution is -0.118. The lowest BCUT2D eigenvalue weighted by Gasteiger charge is -2.35. The van der Waals surface area contributed by atoms with Crippen molar-refractivity contribution < 1.29 is 14.0 Å². The summed E-state index contributed by atoms with van der Waals surface area (Å²) in [5, 5.41) is 7.59. The molecule has 1 aliphatic heterocycles. The van der Waals surface area contributed by atoms with Gasteiger partial charge in [0.25, 0.3) is 0 Å². The van der Waals surface area contributed by atoms with Crippen molar-refractivity contribution in [3.05, 3.63) is 71.0 Å². The van der Waals surface area contributed by atoms with E-state index in [0.29, 0.717) is 16.5 Å². The molecule has 30 heavy (non-hydrogen) atoms. The zero-order valence-electron chi connectivity index (χ0n) is 16.4. The molecule has 1 unspecified atom stereocenters. The molecule has 1 aliphatic rings. The van der Waals surface area contributed by atoms with Crippen LogP contribution in [0, 0.1) is 5.82 Å². The second kappa shape index (κ2) is 8.62. The first-order valence-electron chi connectivity index (χ1n) is 9.67. The Hall–Kier alpha value is -3.26. The first-order valence-corrected chi connectivity index (χ1v) is 10.6. The van der Waals surface area contributed by atoms with Crippen LogP contribution in [-0.2, 0) is 17.6 Å². The molecule has 0 spiro atoms. The fraction of sp³-hybridized carbons (Fsp3) is 0.227. The molecule has 6 nitrogen and oxygen atoms in total. The van der Waals surface area contributed by atoms with Crippen LogP contribution in [0.3, 0.4) is 0 Å². The molecule has 0 saturated carbocycles. The van der Waals surface area contributed by atoms with Crippen LogP contribution >= 0.6 is 11.3 Å². The molecule has 2 N–H and O–H groups in total. The van der Waals surface area contributed by atoms with Crippen molar-refractivity contribution in [1.29, 1.82) is 0 Å². The number of halogens is 1. The molecule has 1 atom stereocenters. The zero-order valence-corrected chi connectivity index (χ0v) is 17.2. The summed E-state index contributed by atoms with van der Waals surface area (Å²) in [4.78, 5) is 31.2. The van der Waals surface area contributed by atoms with E-state index in [1.165, 1.54) is 23.5 Å². The van der Waals surface area contributed by atoms with Gasteiger partial charge in [-0.2, -0.15) is 0 Å². The Morgan fingerprint density at radius 3 is 2.80 bits per heavy atom. The predicted molar refractivity (Wildman–Crippen MR) is 117 cm³/mol. The van der Waals surface area contributed by atoms with E-state index in [0.717, 1.165) is 24.1 Å². The third-order valence-corrected chi connectivity index (χ3v) is 5.78. The number of benzene rings is 2.